The molecule has 0 aliphatic heterocycles. The Kier molecular flexibility index (Phi) is 5.05. The van der Waals surface area contributed by atoms with Gasteiger partial charge in [0.05, 0.1) is 12.3 Å². The molecule has 16 heavy (non-hydrogen) atoms. The van der Waals surface area contributed by atoms with Crippen LogP contribution < -0.4 is 5.43 Å². The fraction of sp³-hybridized carbons (Fsp3) is 0.333. The number of rotatable bonds is 4. The van der Waals surface area contributed by atoms with Crippen LogP contribution in [0.1, 0.15) is 25.8 Å². The first-order valence-corrected chi connectivity index (χ1v) is 5.32. The number of ether oxygens (including phenoxy) is 1. The molecule has 0 aromatic heterocycles. The molecule has 0 saturated heterocycles. The number of nitrogens with one attached hydrogen (secondary N) is 1. The first-order chi connectivity index (χ1) is 7.77. The molecule has 0 spiro atoms. The van der Waals surface area contributed by atoms with E-state index in [1.807, 2.05) is 37.3 Å². The summed E-state index contributed by atoms with van der Waals surface area (Å²) in [5.41, 5.74) is 4.19. The quantitative estimate of drug-likeness (QED) is 0.626. The normalized spacial score (nSPS) is 11.0. The van der Waals surface area contributed by atoms with Crippen molar-refractivity contribution in [2.45, 2.75) is 20.3 Å². The van der Waals surface area contributed by atoms with Gasteiger partial charge in [-0.3, -0.25) is 0 Å². The van der Waals surface area contributed by atoms with Crippen LogP contribution in [0.2, 0.25) is 0 Å². The van der Waals surface area contributed by atoms with Crippen LogP contribution in [0.5, 0.6) is 0 Å². The lowest BCUT2D eigenvalue weighted by Gasteiger charge is -2.04. The molecule has 1 N–H and O–H groups in total. The maximum Gasteiger partial charge on any atom is 0.427 e. The number of amides is 1. The highest BCUT2D eigenvalue weighted by Gasteiger charge is 2.02. The van der Waals surface area contributed by atoms with Gasteiger partial charge in [-0.2, -0.15) is 5.10 Å². The number of benzene rings is 1. The second kappa shape index (κ2) is 6.61. The molecule has 0 atom stereocenters. The van der Waals surface area contributed by atoms with Crippen LogP contribution in [0.15, 0.2) is 35.4 Å². The molecule has 1 aromatic rings. The Labute approximate surface area is 95.3 Å². The Morgan fingerprint density at radius 3 is 2.56 bits per heavy atom. The zero-order valence-electron chi connectivity index (χ0n) is 9.56. The van der Waals surface area contributed by atoms with Crippen LogP contribution in [0.25, 0.3) is 0 Å². The summed E-state index contributed by atoms with van der Waals surface area (Å²) in [5.74, 6) is 0. The van der Waals surface area contributed by atoms with Crippen LogP contribution >= 0.6 is 0 Å². The van der Waals surface area contributed by atoms with Crippen LogP contribution in [0, 0.1) is 0 Å². The SMILES string of the molecule is CCOC(=O)NN=C(CC)c1ccccc1. The average Bonchev–Trinajstić information content (AvgIpc) is 2.31. The van der Waals surface area contributed by atoms with E-state index in [0.717, 1.165) is 17.7 Å². The van der Waals surface area contributed by atoms with Gasteiger partial charge in [-0.25, -0.2) is 10.2 Å². The van der Waals surface area contributed by atoms with E-state index in [9.17, 15) is 4.79 Å². The van der Waals surface area contributed by atoms with E-state index in [-0.39, 0.29) is 0 Å². The maximum absolute atomic E-state index is 11.1. The standard InChI is InChI=1S/C12H16N2O2/c1-3-11(10-8-6-5-7-9-10)13-14-12(15)16-4-2/h5-9H,3-4H2,1-2H3,(H,14,15). The molecule has 86 valence electrons. The number of nitrogens with zero attached hydrogens (tertiary/aromatic N) is 1. The van der Waals surface area contributed by atoms with E-state index in [0.29, 0.717) is 6.61 Å². The molecule has 0 saturated carbocycles. The predicted octanol–water partition coefficient (Wildman–Crippen LogP) is 2.55. The molecule has 0 fully saturated rings. The number of carbonyl (C=O) groups is 1. The van der Waals surface area contributed by atoms with Crippen molar-refractivity contribution in [2.75, 3.05) is 6.61 Å². The minimum Gasteiger partial charge on any atom is -0.449 e. The minimum absolute atomic E-state index is 0.341. The van der Waals surface area contributed by atoms with E-state index in [2.05, 4.69) is 10.5 Å². The summed E-state index contributed by atoms with van der Waals surface area (Å²) in [4.78, 5) is 11.1. The van der Waals surface area contributed by atoms with Gasteiger partial charge in [0.1, 0.15) is 0 Å². The number of carbonyl (C=O) groups excluding carboxylic acids is 1. The largest absolute Gasteiger partial charge is 0.449 e. The van der Waals surface area contributed by atoms with Crippen molar-refractivity contribution in [3.05, 3.63) is 35.9 Å². The van der Waals surface area contributed by atoms with Crippen molar-refractivity contribution in [2.24, 2.45) is 5.10 Å². The minimum atomic E-state index is -0.524. The summed E-state index contributed by atoms with van der Waals surface area (Å²) in [6, 6.07) is 9.72. The third-order valence-electron chi connectivity index (χ3n) is 2.00. The van der Waals surface area contributed by atoms with Crippen molar-refractivity contribution < 1.29 is 9.53 Å². The molecule has 4 nitrogen and oxygen atoms in total. The summed E-state index contributed by atoms with van der Waals surface area (Å²) in [6.45, 7) is 4.08. The van der Waals surface area contributed by atoms with Gasteiger partial charge in [0, 0.05) is 0 Å². The second-order valence-electron chi connectivity index (χ2n) is 3.11. The summed E-state index contributed by atoms with van der Waals surface area (Å²) in [5, 5.41) is 4.02. The van der Waals surface area contributed by atoms with Gasteiger partial charge in [0.2, 0.25) is 0 Å². The molecule has 1 rings (SSSR count). The van der Waals surface area contributed by atoms with Crippen LogP contribution in [-0.4, -0.2) is 18.4 Å². The smallest absolute Gasteiger partial charge is 0.427 e. The van der Waals surface area contributed by atoms with Crippen LogP contribution in [0.3, 0.4) is 0 Å². The number of hydrogen-bond acceptors (Lipinski definition) is 3. The molecule has 0 aliphatic rings. The molecular formula is C12H16N2O2. The first-order valence-electron chi connectivity index (χ1n) is 5.32. The second-order valence-corrected chi connectivity index (χ2v) is 3.11. The van der Waals surface area contributed by atoms with E-state index >= 15 is 0 Å². The Morgan fingerprint density at radius 1 is 1.31 bits per heavy atom. The summed E-state index contributed by atoms with van der Waals surface area (Å²) >= 11 is 0. The van der Waals surface area contributed by atoms with Crippen LogP contribution in [0.4, 0.5) is 4.79 Å². The van der Waals surface area contributed by atoms with Crippen molar-refractivity contribution in [1.29, 1.82) is 0 Å². The Balaban J connectivity index is 2.68. The molecule has 0 bridgehead atoms. The Morgan fingerprint density at radius 2 is 2.00 bits per heavy atom. The summed E-state index contributed by atoms with van der Waals surface area (Å²) < 4.78 is 4.72. The van der Waals surface area contributed by atoms with E-state index in [1.165, 1.54) is 0 Å². The lowest BCUT2D eigenvalue weighted by molar-refractivity contribution is 0.152. The van der Waals surface area contributed by atoms with Crippen LogP contribution in [-0.2, 0) is 4.74 Å². The van der Waals surface area contributed by atoms with E-state index < -0.39 is 6.09 Å². The van der Waals surface area contributed by atoms with E-state index in [1.54, 1.807) is 6.92 Å². The number of hydrazone groups is 1. The Hall–Kier alpha value is -1.84. The van der Waals surface area contributed by atoms with Crippen molar-refractivity contribution in [3.8, 4) is 0 Å². The zero-order chi connectivity index (χ0) is 11.8. The topological polar surface area (TPSA) is 50.7 Å². The fourth-order valence-corrected chi connectivity index (χ4v) is 1.25. The lowest BCUT2D eigenvalue weighted by atomic mass is 10.1. The van der Waals surface area contributed by atoms with Crippen molar-refractivity contribution in [1.82, 2.24) is 5.43 Å². The molecule has 1 aromatic carbocycles. The highest BCUT2D eigenvalue weighted by Crippen LogP contribution is 2.03. The third-order valence-corrected chi connectivity index (χ3v) is 2.00. The molecular weight excluding hydrogens is 204 g/mol. The molecule has 0 unspecified atom stereocenters. The third kappa shape index (κ3) is 3.73. The Bertz CT molecular complexity index is 361. The monoisotopic (exact) mass is 220 g/mol. The van der Waals surface area contributed by atoms with Gasteiger partial charge < -0.3 is 4.74 Å². The first kappa shape index (κ1) is 12.2. The van der Waals surface area contributed by atoms with E-state index in [4.69, 9.17) is 4.74 Å². The highest BCUT2D eigenvalue weighted by molar-refractivity contribution is 6.00. The molecule has 0 aliphatic carbocycles. The van der Waals surface area contributed by atoms with Gasteiger partial charge in [-0.15, -0.1) is 0 Å². The average molecular weight is 220 g/mol. The summed E-state index contributed by atoms with van der Waals surface area (Å²) in [7, 11) is 0. The van der Waals surface area contributed by atoms with Gasteiger partial charge in [0.25, 0.3) is 0 Å². The van der Waals surface area contributed by atoms with Gasteiger partial charge >= 0.3 is 6.09 Å². The highest BCUT2D eigenvalue weighted by atomic mass is 16.5. The van der Waals surface area contributed by atoms with Crippen molar-refractivity contribution >= 4 is 11.8 Å². The maximum atomic E-state index is 11.1. The number of hydrogen-bond donors (Lipinski definition) is 1. The van der Waals surface area contributed by atoms with Gasteiger partial charge in [-0.1, -0.05) is 37.3 Å². The van der Waals surface area contributed by atoms with Gasteiger partial charge in [0.15, 0.2) is 0 Å². The van der Waals surface area contributed by atoms with Crippen molar-refractivity contribution in [3.63, 3.8) is 0 Å². The zero-order valence-corrected chi connectivity index (χ0v) is 9.56. The predicted molar refractivity (Wildman–Crippen MR) is 63.4 cm³/mol. The molecule has 1 amide bonds. The van der Waals surface area contributed by atoms with Gasteiger partial charge in [-0.05, 0) is 18.9 Å². The fourth-order valence-electron chi connectivity index (χ4n) is 1.25. The molecule has 0 heterocycles. The molecule has 0 radical (unpaired) electrons. The summed E-state index contributed by atoms with van der Waals surface area (Å²) in [6.07, 6.45) is 0.223. The molecule has 4 heteroatoms. The lowest BCUT2D eigenvalue weighted by Crippen LogP contribution is -2.20.